The van der Waals surface area contributed by atoms with Gasteiger partial charge in [0.25, 0.3) is 0 Å². The van der Waals surface area contributed by atoms with Gasteiger partial charge in [-0.3, -0.25) is 9.78 Å². The smallest absolute Gasteiger partial charge is 0.226 e. The van der Waals surface area contributed by atoms with Gasteiger partial charge in [-0.15, -0.1) is 0 Å². The summed E-state index contributed by atoms with van der Waals surface area (Å²) < 4.78 is 16.6. The second kappa shape index (κ2) is 11.0. The van der Waals surface area contributed by atoms with Crippen molar-refractivity contribution in [2.24, 2.45) is 0 Å². The molecule has 1 aliphatic heterocycles. The van der Waals surface area contributed by atoms with Gasteiger partial charge < -0.3 is 20.1 Å². The normalized spacial score (nSPS) is 20.2. The Morgan fingerprint density at radius 1 is 1.14 bits per heavy atom. The number of carbonyl (C=O) groups is 1. The number of rotatable bonds is 7. The van der Waals surface area contributed by atoms with Crippen LogP contribution in [-0.2, 0) is 4.79 Å². The fraction of sp³-hybridized carbons (Fsp3) is 0.414. The molecule has 0 bridgehead atoms. The topological polar surface area (TPSA) is 62.2 Å². The Balaban J connectivity index is 1.43. The average Bonchev–Trinajstić information content (AvgIpc) is 3.39. The number of aryl methyl sites for hydroxylation is 1. The maximum Gasteiger partial charge on any atom is 0.226 e. The van der Waals surface area contributed by atoms with Crippen molar-refractivity contribution >= 4 is 28.9 Å². The Bertz CT molecular complexity index is 1270. The van der Waals surface area contributed by atoms with Gasteiger partial charge in [-0.2, -0.15) is 0 Å². The summed E-state index contributed by atoms with van der Waals surface area (Å²) in [5.41, 5.74) is 4.82. The maximum atomic E-state index is 14.0. The number of hydrogen-bond donors (Lipinski definition) is 2. The number of aromatic nitrogens is 2. The van der Waals surface area contributed by atoms with Crippen LogP contribution in [0.25, 0.3) is 0 Å². The lowest BCUT2D eigenvalue weighted by Gasteiger charge is -2.29. The lowest BCUT2D eigenvalue weighted by Crippen LogP contribution is -2.33. The van der Waals surface area contributed by atoms with Gasteiger partial charge in [0.2, 0.25) is 5.91 Å². The molecular weight excluding hydrogens is 485 g/mol. The van der Waals surface area contributed by atoms with Gasteiger partial charge in [-0.1, -0.05) is 37.5 Å². The molecule has 3 aromatic rings. The number of anilines is 1. The van der Waals surface area contributed by atoms with Gasteiger partial charge in [0.1, 0.15) is 5.82 Å². The Hall–Kier alpha value is -3.26. The number of thiocarbonyl (C=S) groups is 1. The van der Waals surface area contributed by atoms with Crippen molar-refractivity contribution in [3.8, 4) is 0 Å². The Morgan fingerprint density at radius 3 is 2.62 bits per heavy atom. The van der Waals surface area contributed by atoms with E-state index in [9.17, 15) is 9.18 Å². The zero-order chi connectivity index (χ0) is 25.9. The predicted octanol–water partition coefficient (Wildman–Crippen LogP) is 6.15. The highest BCUT2D eigenvalue weighted by Gasteiger charge is 2.41. The number of amides is 1. The van der Waals surface area contributed by atoms with Crippen LogP contribution < -0.4 is 10.6 Å². The highest BCUT2D eigenvalue weighted by Crippen LogP contribution is 2.42. The first-order valence-electron chi connectivity index (χ1n) is 13.1. The summed E-state index contributed by atoms with van der Waals surface area (Å²) in [6, 6.07) is 14.7. The van der Waals surface area contributed by atoms with Crippen molar-refractivity contribution in [3.63, 3.8) is 0 Å². The molecule has 2 fully saturated rings. The quantitative estimate of drug-likeness (QED) is 0.367. The fourth-order valence-corrected chi connectivity index (χ4v) is 6.32. The van der Waals surface area contributed by atoms with Crippen molar-refractivity contribution < 1.29 is 9.18 Å². The van der Waals surface area contributed by atoms with Gasteiger partial charge in [0.15, 0.2) is 5.11 Å². The zero-order valence-electron chi connectivity index (χ0n) is 21.4. The molecule has 1 amide bonds. The summed E-state index contributed by atoms with van der Waals surface area (Å²) in [5, 5.41) is 6.77. The number of hydrogen-bond acceptors (Lipinski definition) is 3. The molecule has 0 radical (unpaired) electrons. The molecule has 2 N–H and O–H groups in total. The third kappa shape index (κ3) is 5.25. The van der Waals surface area contributed by atoms with Crippen molar-refractivity contribution in [3.05, 3.63) is 83.2 Å². The molecule has 1 saturated heterocycles. The first kappa shape index (κ1) is 25.4. The zero-order valence-corrected chi connectivity index (χ0v) is 22.2. The summed E-state index contributed by atoms with van der Waals surface area (Å²) in [7, 11) is 0. The van der Waals surface area contributed by atoms with E-state index in [0.29, 0.717) is 17.7 Å². The first-order valence-corrected chi connectivity index (χ1v) is 13.6. The number of benzene rings is 1. The minimum atomic E-state index is -0.447. The minimum Gasteiger partial charge on any atom is -0.352 e. The predicted molar refractivity (Wildman–Crippen MR) is 148 cm³/mol. The molecule has 1 aromatic carbocycles. The van der Waals surface area contributed by atoms with Gasteiger partial charge in [0, 0.05) is 36.6 Å². The largest absolute Gasteiger partial charge is 0.352 e. The van der Waals surface area contributed by atoms with Crippen LogP contribution in [0.4, 0.5) is 10.1 Å². The standard InChI is InChI=1S/C29H34FN5OS/c1-19-18-22(20(2)35(19)21-10-4-3-5-11-21)28-27(25-14-8-9-16-31-25)33-29(37)34(28)17-15-26(36)32-24-13-7-6-12-23(24)30/h6-9,12-14,16,18,21,27-28H,3-5,10-11,15,17H2,1-2H3,(H,32,36)(H,33,37)/t27-,28-/m1/s1. The molecule has 2 aliphatic rings. The summed E-state index contributed by atoms with van der Waals surface area (Å²) in [6.07, 6.45) is 8.25. The van der Waals surface area contributed by atoms with Crippen molar-refractivity contribution in [1.29, 1.82) is 0 Å². The summed E-state index contributed by atoms with van der Waals surface area (Å²) in [4.78, 5) is 19.5. The molecule has 8 heteroatoms. The van der Waals surface area contributed by atoms with Gasteiger partial charge in [0.05, 0.1) is 23.5 Å². The Labute approximate surface area is 223 Å². The van der Waals surface area contributed by atoms with Crippen LogP contribution in [-0.4, -0.2) is 32.0 Å². The minimum absolute atomic E-state index is 0.104. The van der Waals surface area contributed by atoms with E-state index in [2.05, 4.69) is 45.0 Å². The maximum absolute atomic E-state index is 14.0. The third-order valence-corrected chi connectivity index (χ3v) is 8.06. The molecule has 1 saturated carbocycles. The average molecular weight is 520 g/mol. The molecule has 2 atom stereocenters. The van der Waals surface area contributed by atoms with Gasteiger partial charge in [-0.05, 0) is 74.8 Å². The van der Waals surface area contributed by atoms with E-state index in [1.165, 1.54) is 55.1 Å². The van der Waals surface area contributed by atoms with Gasteiger partial charge >= 0.3 is 0 Å². The van der Waals surface area contributed by atoms with Crippen LogP contribution in [0.15, 0.2) is 54.7 Å². The molecule has 0 spiro atoms. The number of nitrogens with zero attached hydrogens (tertiary/aromatic N) is 3. The van der Waals surface area contributed by atoms with E-state index in [4.69, 9.17) is 12.2 Å². The molecule has 5 rings (SSSR count). The van der Waals surface area contributed by atoms with Crippen LogP contribution in [0.5, 0.6) is 0 Å². The molecule has 1 aliphatic carbocycles. The highest BCUT2D eigenvalue weighted by molar-refractivity contribution is 7.80. The number of pyridine rings is 1. The Morgan fingerprint density at radius 2 is 1.89 bits per heavy atom. The Kier molecular flexibility index (Phi) is 7.55. The van der Waals surface area contributed by atoms with Crippen molar-refractivity contribution in [1.82, 2.24) is 19.8 Å². The molecule has 6 nitrogen and oxygen atoms in total. The van der Waals surface area contributed by atoms with Crippen LogP contribution in [0, 0.1) is 19.7 Å². The van der Waals surface area contributed by atoms with Crippen molar-refractivity contribution in [2.75, 3.05) is 11.9 Å². The second-order valence-corrected chi connectivity index (χ2v) is 10.5. The second-order valence-electron chi connectivity index (χ2n) is 10.1. The lowest BCUT2D eigenvalue weighted by molar-refractivity contribution is -0.116. The molecule has 2 aromatic heterocycles. The molecule has 0 unspecified atom stereocenters. The van der Waals surface area contributed by atoms with Crippen LogP contribution in [0.1, 0.15) is 79.3 Å². The first-order chi connectivity index (χ1) is 17.9. The van der Waals surface area contributed by atoms with Crippen LogP contribution >= 0.6 is 12.2 Å². The van der Waals surface area contributed by atoms with E-state index < -0.39 is 5.82 Å². The number of halogens is 1. The van der Waals surface area contributed by atoms with Crippen LogP contribution in [0.3, 0.4) is 0 Å². The highest BCUT2D eigenvalue weighted by atomic mass is 32.1. The van der Waals surface area contributed by atoms with E-state index in [0.717, 1.165) is 5.69 Å². The molecule has 194 valence electrons. The van der Waals surface area contributed by atoms with Crippen molar-refractivity contribution in [2.45, 2.75) is 70.5 Å². The number of carbonyl (C=O) groups excluding carboxylic acids is 1. The van der Waals surface area contributed by atoms with E-state index in [-0.39, 0.29) is 30.1 Å². The summed E-state index contributed by atoms with van der Waals surface area (Å²) in [5.74, 6) is -0.696. The fourth-order valence-electron chi connectivity index (χ4n) is 5.99. The summed E-state index contributed by atoms with van der Waals surface area (Å²) >= 11 is 5.79. The lowest BCUT2D eigenvalue weighted by atomic mass is 9.94. The molecule has 37 heavy (non-hydrogen) atoms. The summed E-state index contributed by atoms with van der Waals surface area (Å²) in [6.45, 7) is 4.80. The van der Waals surface area contributed by atoms with E-state index in [1.54, 1.807) is 24.4 Å². The third-order valence-electron chi connectivity index (χ3n) is 7.71. The molecular formula is C29H34FN5OS. The number of para-hydroxylation sites is 1. The van der Waals surface area contributed by atoms with E-state index >= 15 is 0 Å². The molecule has 3 heterocycles. The van der Waals surface area contributed by atoms with Gasteiger partial charge in [-0.25, -0.2) is 4.39 Å². The SMILES string of the molecule is Cc1cc([C@@H]2[C@@H](c3ccccn3)NC(=S)N2CCC(=O)Nc2ccccc2F)c(C)n1C1CCCCC1. The monoisotopic (exact) mass is 519 g/mol. The van der Waals surface area contributed by atoms with Crippen LogP contribution in [0.2, 0.25) is 0 Å². The number of nitrogens with one attached hydrogen (secondary N) is 2. The van der Waals surface area contributed by atoms with E-state index in [1.807, 2.05) is 18.2 Å².